The van der Waals surface area contributed by atoms with Gasteiger partial charge in [-0.3, -0.25) is 0 Å². The van der Waals surface area contributed by atoms with Crippen molar-refractivity contribution in [2.75, 3.05) is 0 Å². The molecule has 0 spiro atoms. The number of nitrogens with zero attached hydrogens (tertiary/aromatic N) is 1. The Morgan fingerprint density at radius 3 is 2.35 bits per heavy atom. The number of rotatable bonds is 1. The van der Waals surface area contributed by atoms with Crippen molar-refractivity contribution in [1.29, 1.82) is 0 Å². The molecule has 112 valence electrons. The zero-order valence-electron chi connectivity index (χ0n) is 13.1. The predicted octanol–water partition coefficient (Wildman–Crippen LogP) is 5.09. The fraction of sp³-hybridized carbons (Fsp3) is 0.182. The van der Waals surface area contributed by atoms with Gasteiger partial charge in [0.1, 0.15) is 0 Å². The Bertz CT molecular complexity index is 913. The van der Waals surface area contributed by atoms with E-state index in [4.69, 9.17) is 0 Å². The summed E-state index contributed by atoms with van der Waals surface area (Å²) in [6.07, 6.45) is 11.3. The van der Waals surface area contributed by atoms with Gasteiger partial charge in [-0.2, -0.15) is 0 Å². The van der Waals surface area contributed by atoms with Gasteiger partial charge in [0.25, 0.3) is 0 Å². The molecule has 3 aromatic rings. The Morgan fingerprint density at radius 2 is 1.43 bits per heavy atom. The van der Waals surface area contributed by atoms with Gasteiger partial charge in [0.2, 0.25) is 0 Å². The summed E-state index contributed by atoms with van der Waals surface area (Å²) in [6, 6.07) is 17.8. The van der Waals surface area contributed by atoms with Crippen LogP contribution in [-0.4, -0.2) is 4.57 Å². The number of hydrogen-bond donors (Lipinski definition) is 0. The first-order valence-electron chi connectivity index (χ1n) is 8.49. The summed E-state index contributed by atoms with van der Waals surface area (Å²) in [6.45, 7) is 0. The average molecular weight is 297 g/mol. The molecular formula is C22H19N. The molecule has 1 aromatic heterocycles. The number of aryl methyl sites for hydroxylation is 1. The molecule has 1 heteroatoms. The average Bonchev–Trinajstić information content (AvgIpc) is 3.15. The van der Waals surface area contributed by atoms with Crippen LogP contribution in [0.25, 0.3) is 16.8 Å². The van der Waals surface area contributed by atoms with Crippen LogP contribution in [-0.2, 0) is 19.3 Å². The number of allylic oxidation sites excluding steroid dienone is 1. The molecule has 0 atom stereocenters. The minimum absolute atomic E-state index is 1.14. The van der Waals surface area contributed by atoms with Crippen LogP contribution < -0.4 is 0 Å². The van der Waals surface area contributed by atoms with Crippen LogP contribution in [0.15, 0.2) is 67.0 Å². The summed E-state index contributed by atoms with van der Waals surface area (Å²) in [5, 5.41) is 0. The third-order valence-electron chi connectivity index (χ3n) is 5.27. The fourth-order valence-corrected chi connectivity index (χ4v) is 4.22. The van der Waals surface area contributed by atoms with Crippen molar-refractivity contribution >= 4 is 5.70 Å². The summed E-state index contributed by atoms with van der Waals surface area (Å²) in [4.78, 5) is 0. The van der Waals surface area contributed by atoms with E-state index in [-0.39, 0.29) is 0 Å². The van der Waals surface area contributed by atoms with E-state index in [0.717, 1.165) is 6.42 Å². The van der Waals surface area contributed by atoms with E-state index in [1.165, 1.54) is 47.2 Å². The molecule has 0 fully saturated rings. The second-order valence-electron chi connectivity index (χ2n) is 6.49. The normalized spacial score (nSPS) is 15.4. The molecule has 0 aliphatic heterocycles. The molecule has 2 aliphatic rings. The molecule has 2 aromatic carbocycles. The van der Waals surface area contributed by atoms with Crippen molar-refractivity contribution < 1.29 is 0 Å². The van der Waals surface area contributed by atoms with Crippen LogP contribution in [0.4, 0.5) is 0 Å². The van der Waals surface area contributed by atoms with Crippen LogP contribution >= 0.6 is 0 Å². The Morgan fingerprint density at radius 1 is 0.652 bits per heavy atom. The van der Waals surface area contributed by atoms with Gasteiger partial charge >= 0.3 is 0 Å². The number of fused-ring (bicyclic) bond motifs is 5. The van der Waals surface area contributed by atoms with E-state index in [0.29, 0.717) is 0 Å². The van der Waals surface area contributed by atoms with Crippen LogP contribution in [0, 0.1) is 0 Å². The largest absolute Gasteiger partial charge is 0.324 e. The summed E-state index contributed by atoms with van der Waals surface area (Å²) >= 11 is 0. The van der Waals surface area contributed by atoms with Gasteiger partial charge in [0, 0.05) is 23.7 Å². The minimum Gasteiger partial charge on any atom is -0.324 e. The monoisotopic (exact) mass is 297 g/mol. The maximum Gasteiger partial charge on any atom is 0.0484 e. The predicted molar refractivity (Wildman–Crippen MR) is 95.4 cm³/mol. The van der Waals surface area contributed by atoms with E-state index in [1.807, 2.05) is 0 Å². The van der Waals surface area contributed by atoms with Crippen molar-refractivity contribution in [3.63, 3.8) is 0 Å². The van der Waals surface area contributed by atoms with Gasteiger partial charge in [0.05, 0.1) is 0 Å². The summed E-state index contributed by atoms with van der Waals surface area (Å²) in [7, 11) is 0. The van der Waals surface area contributed by atoms with E-state index < -0.39 is 0 Å². The van der Waals surface area contributed by atoms with Gasteiger partial charge < -0.3 is 4.57 Å². The van der Waals surface area contributed by atoms with Crippen molar-refractivity contribution in [3.8, 4) is 11.1 Å². The maximum absolute atomic E-state index is 2.38. The van der Waals surface area contributed by atoms with Crippen molar-refractivity contribution in [3.05, 3.63) is 89.3 Å². The third-order valence-corrected chi connectivity index (χ3v) is 5.27. The third kappa shape index (κ3) is 1.93. The van der Waals surface area contributed by atoms with Gasteiger partial charge in [-0.1, -0.05) is 42.5 Å². The molecule has 1 nitrogen and oxygen atoms in total. The Kier molecular flexibility index (Phi) is 2.81. The second-order valence-corrected chi connectivity index (χ2v) is 6.49. The summed E-state index contributed by atoms with van der Waals surface area (Å²) in [5.74, 6) is 0. The highest BCUT2D eigenvalue weighted by atomic mass is 15.0. The smallest absolute Gasteiger partial charge is 0.0484 e. The molecule has 5 rings (SSSR count). The lowest BCUT2D eigenvalue weighted by molar-refractivity contribution is 0.874. The number of aromatic nitrogens is 1. The van der Waals surface area contributed by atoms with Gasteiger partial charge in [0.15, 0.2) is 0 Å². The first kappa shape index (κ1) is 13.0. The SMILES string of the molecule is C1=C(n2cccc2)c2ccc3c(c2CC1)CCc1ccccc1-3. The molecule has 0 saturated heterocycles. The van der Waals surface area contributed by atoms with Crippen LogP contribution in [0.2, 0.25) is 0 Å². The highest BCUT2D eigenvalue weighted by Crippen LogP contribution is 2.40. The van der Waals surface area contributed by atoms with Crippen LogP contribution in [0.5, 0.6) is 0 Å². The molecule has 0 amide bonds. The molecule has 23 heavy (non-hydrogen) atoms. The molecule has 2 aliphatic carbocycles. The Balaban J connectivity index is 1.71. The van der Waals surface area contributed by atoms with Gasteiger partial charge in [-0.05, 0) is 65.6 Å². The Labute approximate surface area is 136 Å². The highest BCUT2D eigenvalue weighted by Gasteiger charge is 2.23. The van der Waals surface area contributed by atoms with Crippen molar-refractivity contribution in [1.82, 2.24) is 4.57 Å². The molecule has 0 unspecified atom stereocenters. The maximum atomic E-state index is 2.38. The first-order valence-corrected chi connectivity index (χ1v) is 8.49. The molecule has 0 N–H and O–H groups in total. The van der Waals surface area contributed by atoms with Gasteiger partial charge in [-0.25, -0.2) is 0 Å². The minimum atomic E-state index is 1.14. The zero-order valence-corrected chi connectivity index (χ0v) is 13.1. The summed E-state index contributed by atoms with van der Waals surface area (Å²) < 4.78 is 2.25. The van der Waals surface area contributed by atoms with E-state index in [1.54, 1.807) is 11.1 Å². The van der Waals surface area contributed by atoms with Gasteiger partial charge in [-0.15, -0.1) is 0 Å². The topological polar surface area (TPSA) is 4.93 Å². The lowest BCUT2D eigenvalue weighted by Crippen LogP contribution is -2.13. The van der Waals surface area contributed by atoms with Crippen molar-refractivity contribution in [2.24, 2.45) is 0 Å². The van der Waals surface area contributed by atoms with E-state index >= 15 is 0 Å². The first-order chi connectivity index (χ1) is 11.4. The molecule has 0 saturated carbocycles. The second kappa shape index (κ2) is 4.99. The molecule has 0 radical (unpaired) electrons. The number of hydrogen-bond acceptors (Lipinski definition) is 0. The highest BCUT2D eigenvalue weighted by molar-refractivity contribution is 5.80. The quantitative estimate of drug-likeness (QED) is 0.589. The Hall–Kier alpha value is -2.54. The van der Waals surface area contributed by atoms with Crippen molar-refractivity contribution in [2.45, 2.75) is 25.7 Å². The fourth-order valence-electron chi connectivity index (χ4n) is 4.22. The van der Waals surface area contributed by atoms with E-state index in [9.17, 15) is 0 Å². The van der Waals surface area contributed by atoms with Crippen LogP contribution in [0.3, 0.4) is 0 Å². The molecule has 0 bridgehead atoms. The van der Waals surface area contributed by atoms with E-state index in [2.05, 4.69) is 71.6 Å². The number of benzene rings is 2. The molecular weight excluding hydrogens is 278 g/mol. The lowest BCUT2D eigenvalue weighted by atomic mass is 9.79. The van der Waals surface area contributed by atoms with Crippen LogP contribution in [0.1, 0.15) is 28.7 Å². The lowest BCUT2D eigenvalue weighted by Gasteiger charge is -2.27. The molecule has 1 heterocycles. The summed E-state index contributed by atoms with van der Waals surface area (Å²) in [5.41, 5.74) is 10.3. The standard InChI is InChI=1S/C22H19N/c1-2-7-17-16(6-1)10-11-20-18-8-5-9-22(23-14-3-4-15-23)21(18)13-12-19(17)20/h1-4,6-7,9,12-15H,5,8,10-11H2. The zero-order chi connectivity index (χ0) is 15.2.